The fourth-order valence-electron chi connectivity index (χ4n) is 8.15. The normalized spacial score (nSPS) is 51.1. The van der Waals surface area contributed by atoms with Crippen LogP contribution in [0.4, 0.5) is 0 Å². The summed E-state index contributed by atoms with van der Waals surface area (Å²) >= 11 is 9.06. The number of hydrogen-bond acceptors (Lipinski definition) is 5. The van der Waals surface area contributed by atoms with E-state index in [4.69, 9.17) is 4.74 Å². The number of ketones is 1. The van der Waals surface area contributed by atoms with Crippen LogP contribution in [-0.4, -0.2) is 37.4 Å². The van der Waals surface area contributed by atoms with Gasteiger partial charge in [0.25, 0.3) is 0 Å². The highest BCUT2D eigenvalue weighted by atomic mass is 79.9. The van der Waals surface area contributed by atoms with Gasteiger partial charge in [-0.05, 0) is 73.3 Å². The van der Waals surface area contributed by atoms with Gasteiger partial charge in [-0.25, -0.2) is 0 Å². The maximum absolute atomic E-state index is 12.6. The second kappa shape index (κ2) is 7.43. The number of alkyl halides is 2. The Hall–Kier alpha value is -0.140. The molecule has 0 amide bonds. The molecule has 0 aromatic rings. The lowest BCUT2D eigenvalue weighted by atomic mass is 9.46. The molecule has 1 saturated heterocycles. The predicted octanol–water partition coefficient (Wildman–Crippen LogP) is 5.60. The number of allylic oxidation sites excluding steroid dienone is 1. The molecule has 170 valence electrons. The van der Waals surface area contributed by atoms with E-state index in [-0.39, 0.29) is 48.2 Å². The first-order valence-electron chi connectivity index (χ1n) is 11.5. The SMILES string of the molecule is CC(=O)S[C@H]1[C@@H]2[C@H](CC[C@@]3(C)[C@H]2CC[C@@]32CCC(=O)O2)[C@@]2(C)C[C@@H](Br)C(=O)C=C2[C@@H]1Br. The van der Waals surface area contributed by atoms with Crippen LogP contribution in [0.25, 0.3) is 0 Å². The van der Waals surface area contributed by atoms with E-state index in [2.05, 4.69) is 45.7 Å². The van der Waals surface area contributed by atoms with Crippen LogP contribution in [0.3, 0.4) is 0 Å². The summed E-state index contributed by atoms with van der Waals surface area (Å²) in [5.74, 6) is 1.28. The molecule has 0 N–H and O–H groups in total. The molecule has 0 aromatic carbocycles. The van der Waals surface area contributed by atoms with Crippen LogP contribution >= 0.6 is 43.6 Å². The van der Waals surface area contributed by atoms with Gasteiger partial charge in [0, 0.05) is 28.8 Å². The van der Waals surface area contributed by atoms with Crippen molar-refractivity contribution in [2.75, 3.05) is 0 Å². The van der Waals surface area contributed by atoms with E-state index in [0.717, 1.165) is 38.5 Å². The number of fused-ring (bicyclic) bond motifs is 6. The third kappa shape index (κ3) is 3.07. The molecule has 5 rings (SSSR count). The van der Waals surface area contributed by atoms with E-state index < -0.39 is 0 Å². The molecule has 1 heterocycles. The summed E-state index contributed by atoms with van der Waals surface area (Å²) in [5, 5.41) is 0.226. The van der Waals surface area contributed by atoms with Crippen molar-refractivity contribution in [2.24, 2.45) is 28.6 Å². The first kappa shape index (κ1) is 22.6. The summed E-state index contributed by atoms with van der Waals surface area (Å²) in [5.41, 5.74) is 0.734. The standard InChI is InChI=1S/C24H30Br2O4S/c1-12(27)31-21-19-13(22(2)11-16(25)17(28)10-15(22)20(21)26)4-7-23(3)14(19)5-8-24(23)9-6-18(29)30-24/h10,13-14,16,19-21H,4-9,11H2,1-3H3/t13-,14-,16+,19+,20-,21-,22+,23-,24+/m0/s1. The smallest absolute Gasteiger partial charge is 0.306 e. The maximum Gasteiger partial charge on any atom is 0.306 e. The van der Waals surface area contributed by atoms with Gasteiger partial charge in [-0.2, -0.15) is 0 Å². The van der Waals surface area contributed by atoms with Crippen LogP contribution in [0.5, 0.6) is 0 Å². The minimum absolute atomic E-state index is 0.00151. The highest BCUT2D eigenvalue weighted by molar-refractivity contribution is 9.10. The first-order valence-corrected chi connectivity index (χ1v) is 14.2. The molecule has 0 aromatic heterocycles. The van der Waals surface area contributed by atoms with Crippen molar-refractivity contribution in [1.82, 2.24) is 0 Å². The fraction of sp³-hybridized carbons (Fsp3) is 0.792. The zero-order valence-electron chi connectivity index (χ0n) is 18.3. The van der Waals surface area contributed by atoms with Crippen LogP contribution in [-0.2, 0) is 19.1 Å². The lowest BCUT2D eigenvalue weighted by Crippen LogP contribution is -2.61. The number of rotatable bonds is 1. The second-order valence-corrected chi connectivity index (χ2v) is 14.3. The Bertz CT molecular complexity index is 889. The van der Waals surface area contributed by atoms with Crippen molar-refractivity contribution in [3.05, 3.63) is 11.6 Å². The number of thioether (sulfide) groups is 1. The van der Waals surface area contributed by atoms with Gasteiger partial charge in [0.05, 0.1) is 4.83 Å². The van der Waals surface area contributed by atoms with Crippen molar-refractivity contribution in [1.29, 1.82) is 0 Å². The minimum atomic E-state index is -0.329. The van der Waals surface area contributed by atoms with Crippen molar-refractivity contribution >= 4 is 60.5 Å². The number of hydrogen-bond donors (Lipinski definition) is 0. The monoisotopic (exact) mass is 572 g/mol. The van der Waals surface area contributed by atoms with Crippen LogP contribution in [0.1, 0.15) is 65.7 Å². The van der Waals surface area contributed by atoms with Gasteiger partial charge in [-0.1, -0.05) is 57.5 Å². The quantitative estimate of drug-likeness (QED) is 0.302. The zero-order valence-corrected chi connectivity index (χ0v) is 22.3. The van der Waals surface area contributed by atoms with Gasteiger partial charge in [0.1, 0.15) is 5.60 Å². The highest BCUT2D eigenvalue weighted by Gasteiger charge is 2.69. The van der Waals surface area contributed by atoms with E-state index in [1.807, 2.05) is 6.08 Å². The van der Waals surface area contributed by atoms with E-state index in [9.17, 15) is 14.4 Å². The fourth-order valence-corrected chi connectivity index (χ4v) is 11.5. The van der Waals surface area contributed by atoms with E-state index in [1.54, 1.807) is 6.92 Å². The van der Waals surface area contributed by atoms with Gasteiger partial charge in [-0.15, -0.1) is 0 Å². The van der Waals surface area contributed by atoms with Crippen molar-refractivity contribution in [2.45, 2.75) is 86.2 Å². The number of esters is 1. The predicted molar refractivity (Wildman–Crippen MR) is 128 cm³/mol. The van der Waals surface area contributed by atoms with E-state index in [0.29, 0.717) is 24.2 Å². The van der Waals surface area contributed by atoms with E-state index >= 15 is 0 Å². The van der Waals surface area contributed by atoms with Gasteiger partial charge < -0.3 is 4.74 Å². The van der Waals surface area contributed by atoms with Crippen molar-refractivity contribution in [3.63, 3.8) is 0 Å². The Morgan fingerprint density at radius 3 is 2.48 bits per heavy atom. The molecule has 9 atom stereocenters. The largest absolute Gasteiger partial charge is 0.458 e. The molecule has 5 aliphatic rings. The molecule has 4 aliphatic carbocycles. The summed E-state index contributed by atoms with van der Waals surface area (Å²) in [7, 11) is 0. The minimum Gasteiger partial charge on any atom is -0.458 e. The van der Waals surface area contributed by atoms with Crippen LogP contribution < -0.4 is 0 Å². The van der Waals surface area contributed by atoms with Gasteiger partial charge in [0.2, 0.25) is 0 Å². The molecule has 7 heteroatoms. The van der Waals surface area contributed by atoms with Gasteiger partial charge in [0.15, 0.2) is 10.9 Å². The summed E-state index contributed by atoms with van der Waals surface area (Å²) in [4.78, 5) is 36.9. The molecule has 31 heavy (non-hydrogen) atoms. The Kier molecular flexibility index (Phi) is 5.43. The molecule has 0 unspecified atom stereocenters. The Labute approximate surface area is 205 Å². The lowest BCUT2D eigenvalue weighted by molar-refractivity contribution is -0.167. The first-order chi connectivity index (χ1) is 14.5. The molecule has 1 aliphatic heterocycles. The Morgan fingerprint density at radius 2 is 1.84 bits per heavy atom. The third-order valence-electron chi connectivity index (χ3n) is 9.62. The maximum atomic E-state index is 12.6. The zero-order chi connectivity index (χ0) is 22.3. The lowest BCUT2D eigenvalue weighted by Gasteiger charge is -2.62. The average Bonchev–Trinajstić information content (AvgIpc) is 3.21. The number of halogens is 2. The number of carbonyl (C=O) groups excluding carboxylic acids is 3. The van der Waals surface area contributed by atoms with E-state index in [1.165, 1.54) is 17.3 Å². The van der Waals surface area contributed by atoms with Gasteiger partial charge in [-0.3, -0.25) is 14.4 Å². The summed E-state index contributed by atoms with van der Waals surface area (Å²) in [6.07, 6.45) is 8.10. The number of ether oxygens (including phenoxy) is 1. The molecule has 4 nitrogen and oxygen atoms in total. The number of carbonyl (C=O) groups is 3. The molecule has 0 bridgehead atoms. The molecule has 4 fully saturated rings. The molecular weight excluding hydrogens is 544 g/mol. The van der Waals surface area contributed by atoms with Crippen LogP contribution in [0.2, 0.25) is 0 Å². The highest BCUT2D eigenvalue weighted by Crippen LogP contribution is 2.71. The summed E-state index contributed by atoms with van der Waals surface area (Å²) < 4.78 is 6.08. The Balaban J connectivity index is 1.60. The molecule has 1 spiro atoms. The third-order valence-corrected chi connectivity index (χ3v) is 13.0. The van der Waals surface area contributed by atoms with Crippen LogP contribution in [0, 0.1) is 28.6 Å². The van der Waals surface area contributed by atoms with Crippen molar-refractivity contribution < 1.29 is 19.1 Å². The van der Waals surface area contributed by atoms with Crippen molar-refractivity contribution in [3.8, 4) is 0 Å². The summed E-state index contributed by atoms with van der Waals surface area (Å²) in [6.45, 7) is 6.34. The van der Waals surface area contributed by atoms with Gasteiger partial charge >= 0.3 is 5.97 Å². The van der Waals surface area contributed by atoms with Crippen LogP contribution in [0.15, 0.2) is 11.6 Å². The summed E-state index contributed by atoms with van der Waals surface area (Å²) in [6, 6.07) is 0. The Morgan fingerprint density at radius 1 is 1.13 bits per heavy atom. The topological polar surface area (TPSA) is 60.4 Å². The molecule has 0 radical (unpaired) electrons. The second-order valence-electron chi connectivity index (χ2n) is 10.8. The molecule has 3 saturated carbocycles. The average molecular weight is 574 g/mol. The molecular formula is C24H30Br2O4S.